The SMILES string of the molecule is CCNC(=NCCCn1cccn1)NCCCNC(=O)c1cccs1. The van der Waals surface area contributed by atoms with E-state index < -0.39 is 0 Å². The van der Waals surface area contributed by atoms with Crippen LogP contribution in [0.2, 0.25) is 0 Å². The van der Waals surface area contributed by atoms with Gasteiger partial charge < -0.3 is 16.0 Å². The molecule has 0 aliphatic carbocycles. The zero-order chi connectivity index (χ0) is 17.7. The first kappa shape index (κ1) is 19.0. The molecule has 25 heavy (non-hydrogen) atoms. The van der Waals surface area contributed by atoms with Gasteiger partial charge in [0.15, 0.2) is 5.96 Å². The molecule has 136 valence electrons. The molecule has 7 nitrogen and oxygen atoms in total. The summed E-state index contributed by atoms with van der Waals surface area (Å²) in [4.78, 5) is 17.1. The molecule has 0 saturated carbocycles. The van der Waals surface area contributed by atoms with Gasteiger partial charge in [0.25, 0.3) is 5.91 Å². The number of hydrogen-bond acceptors (Lipinski definition) is 4. The summed E-state index contributed by atoms with van der Waals surface area (Å²) in [6.45, 7) is 5.87. The van der Waals surface area contributed by atoms with E-state index in [1.54, 1.807) is 6.20 Å². The van der Waals surface area contributed by atoms with E-state index in [1.807, 2.05) is 41.4 Å². The maximum Gasteiger partial charge on any atom is 0.261 e. The Kier molecular flexibility index (Phi) is 8.54. The van der Waals surface area contributed by atoms with Gasteiger partial charge in [-0.25, -0.2) is 0 Å². The van der Waals surface area contributed by atoms with Crippen LogP contribution in [0.1, 0.15) is 29.4 Å². The molecule has 1 amide bonds. The maximum absolute atomic E-state index is 11.8. The lowest BCUT2D eigenvalue weighted by Gasteiger charge is -2.11. The highest BCUT2D eigenvalue weighted by Crippen LogP contribution is 2.07. The van der Waals surface area contributed by atoms with Gasteiger partial charge in [0.2, 0.25) is 0 Å². The molecule has 0 bridgehead atoms. The lowest BCUT2D eigenvalue weighted by molar-refractivity contribution is 0.0957. The second kappa shape index (κ2) is 11.2. The van der Waals surface area contributed by atoms with Crippen molar-refractivity contribution in [2.45, 2.75) is 26.3 Å². The number of aliphatic imine (C=N–C) groups is 1. The molecule has 2 aromatic rings. The van der Waals surface area contributed by atoms with Gasteiger partial charge >= 0.3 is 0 Å². The van der Waals surface area contributed by atoms with Crippen LogP contribution < -0.4 is 16.0 Å². The first-order valence-electron chi connectivity index (χ1n) is 8.61. The molecule has 0 fully saturated rings. The highest BCUT2D eigenvalue weighted by Gasteiger charge is 2.04. The van der Waals surface area contributed by atoms with Gasteiger partial charge in [0.1, 0.15) is 0 Å². The molecular formula is C17H26N6OS. The van der Waals surface area contributed by atoms with E-state index >= 15 is 0 Å². The van der Waals surface area contributed by atoms with Crippen molar-refractivity contribution in [3.8, 4) is 0 Å². The summed E-state index contributed by atoms with van der Waals surface area (Å²) >= 11 is 1.45. The van der Waals surface area contributed by atoms with Crippen LogP contribution in [0.25, 0.3) is 0 Å². The summed E-state index contributed by atoms with van der Waals surface area (Å²) in [5.74, 6) is 0.807. The van der Waals surface area contributed by atoms with Gasteiger partial charge in [-0.1, -0.05) is 6.07 Å². The third-order valence-corrected chi connectivity index (χ3v) is 4.26. The fourth-order valence-corrected chi connectivity index (χ4v) is 2.83. The first-order chi connectivity index (χ1) is 12.3. The minimum atomic E-state index is -0.00537. The first-order valence-corrected chi connectivity index (χ1v) is 9.49. The van der Waals surface area contributed by atoms with E-state index in [2.05, 4.69) is 26.0 Å². The van der Waals surface area contributed by atoms with Crippen LogP contribution in [0.4, 0.5) is 0 Å². The molecular weight excluding hydrogens is 336 g/mol. The summed E-state index contributed by atoms with van der Waals surface area (Å²) in [5, 5.41) is 15.5. The summed E-state index contributed by atoms with van der Waals surface area (Å²) in [7, 11) is 0. The number of aromatic nitrogens is 2. The monoisotopic (exact) mass is 362 g/mol. The topological polar surface area (TPSA) is 83.3 Å². The normalized spacial score (nSPS) is 11.3. The number of hydrogen-bond donors (Lipinski definition) is 3. The van der Waals surface area contributed by atoms with Crippen LogP contribution in [0.15, 0.2) is 41.0 Å². The number of nitrogens with one attached hydrogen (secondary N) is 3. The van der Waals surface area contributed by atoms with E-state index in [9.17, 15) is 4.79 Å². The zero-order valence-electron chi connectivity index (χ0n) is 14.6. The number of amides is 1. The van der Waals surface area contributed by atoms with Crippen LogP contribution in [0.5, 0.6) is 0 Å². The Morgan fingerprint density at radius 1 is 1.24 bits per heavy atom. The molecule has 0 aliphatic heterocycles. The maximum atomic E-state index is 11.8. The zero-order valence-corrected chi connectivity index (χ0v) is 15.4. The lowest BCUT2D eigenvalue weighted by atomic mass is 10.4. The van der Waals surface area contributed by atoms with Crippen molar-refractivity contribution in [3.05, 3.63) is 40.8 Å². The number of carbonyl (C=O) groups excluding carboxylic acids is 1. The Balaban J connectivity index is 1.59. The van der Waals surface area contributed by atoms with E-state index in [-0.39, 0.29) is 5.91 Å². The molecule has 0 unspecified atom stereocenters. The van der Waals surface area contributed by atoms with Gasteiger partial charge in [-0.05, 0) is 37.3 Å². The third kappa shape index (κ3) is 7.38. The van der Waals surface area contributed by atoms with E-state index in [1.165, 1.54) is 11.3 Å². The van der Waals surface area contributed by atoms with Crippen molar-refractivity contribution >= 4 is 23.2 Å². The van der Waals surface area contributed by atoms with E-state index in [4.69, 9.17) is 0 Å². The fourth-order valence-electron chi connectivity index (χ4n) is 2.19. The van der Waals surface area contributed by atoms with Crippen LogP contribution in [-0.4, -0.2) is 47.8 Å². The number of aryl methyl sites for hydroxylation is 1. The number of rotatable bonds is 10. The Bertz CT molecular complexity index is 624. The highest BCUT2D eigenvalue weighted by molar-refractivity contribution is 7.12. The molecule has 0 aromatic carbocycles. The van der Waals surface area contributed by atoms with Gasteiger partial charge in [-0.3, -0.25) is 14.5 Å². The number of thiophene rings is 1. The molecule has 0 saturated heterocycles. The lowest BCUT2D eigenvalue weighted by Crippen LogP contribution is -2.39. The van der Waals surface area contributed by atoms with Crippen molar-refractivity contribution < 1.29 is 4.79 Å². The van der Waals surface area contributed by atoms with Crippen LogP contribution >= 0.6 is 11.3 Å². The van der Waals surface area contributed by atoms with E-state index in [0.717, 1.165) is 49.9 Å². The van der Waals surface area contributed by atoms with Gasteiger partial charge in [-0.15, -0.1) is 11.3 Å². The summed E-state index contributed by atoms with van der Waals surface area (Å²) in [6.07, 6.45) is 5.52. The molecule has 8 heteroatoms. The molecule has 3 N–H and O–H groups in total. The van der Waals surface area contributed by atoms with Crippen molar-refractivity contribution in [3.63, 3.8) is 0 Å². The van der Waals surface area contributed by atoms with Crippen LogP contribution in [0, 0.1) is 0 Å². The van der Waals surface area contributed by atoms with Gasteiger partial charge in [0, 0.05) is 45.1 Å². The van der Waals surface area contributed by atoms with Crippen molar-refractivity contribution in [1.29, 1.82) is 0 Å². The minimum absolute atomic E-state index is 0.00537. The van der Waals surface area contributed by atoms with Crippen molar-refractivity contribution in [2.75, 3.05) is 26.2 Å². The Morgan fingerprint density at radius 2 is 2.12 bits per heavy atom. The number of nitrogens with zero attached hydrogens (tertiary/aromatic N) is 3. The molecule has 0 aliphatic rings. The quantitative estimate of drug-likeness (QED) is 0.341. The van der Waals surface area contributed by atoms with Crippen LogP contribution in [0.3, 0.4) is 0 Å². The minimum Gasteiger partial charge on any atom is -0.357 e. The smallest absolute Gasteiger partial charge is 0.261 e. The number of guanidine groups is 1. The molecule has 2 heterocycles. The largest absolute Gasteiger partial charge is 0.357 e. The average Bonchev–Trinajstić information content (AvgIpc) is 3.31. The average molecular weight is 363 g/mol. The third-order valence-electron chi connectivity index (χ3n) is 3.40. The van der Waals surface area contributed by atoms with Crippen molar-refractivity contribution in [2.24, 2.45) is 4.99 Å². The van der Waals surface area contributed by atoms with Gasteiger partial charge in [-0.2, -0.15) is 5.10 Å². The second-order valence-electron chi connectivity index (χ2n) is 5.40. The predicted molar refractivity (Wildman–Crippen MR) is 102 cm³/mol. The molecule has 2 aromatic heterocycles. The fraction of sp³-hybridized carbons (Fsp3) is 0.471. The molecule has 2 rings (SSSR count). The standard InChI is InChI=1S/C17H26N6OS/c1-2-18-17(21-10-5-12-23-13-6-11-22-23)20-9-4-8-19-16(24)15-7-3-14-25-15/h3,6-7,11,13-14H,2,4-5,8-10,12H2,1H3,(H,19,24)(H2,18,20,21). The summed E-state index contributed by atoms with van der Waals surface area (Å²) in [5.41, 5.74) is 0. The van der Waals surface area contributed by atoms with Crippen molar-refractivity contribution in [1.82, 2.24) is 25.7 Å². The molecule has 0 spiro atoms. The summed E-state index contributed by atoms with van der Waals surface area (Å²) in [6, 6.07) is 5.64. The Labute approximate surface area is 152 Å². The molecule has 0 atom stereocenters. The predicted octanol–water partition coefficient (Wildman–Crippen LogP) is 1.71. The van der Waals surface area contributed by atoms with E-state index in [0.29, 0.717) is 6.54 Å². The summed E-state index contributed by atoms with van der Waals surface area (Å²) < 4.78 is 1.91. The van der Waals surface area contributed by atoms with Crippen LogP contribution in [-0.2, 0) is 6.54 Å². The Morgan fingerprint density at radius 3 is 2.84 bits per heavy atom. The molecule has 0 radical (unpaired) electrons. The highest BCUT2D eigenvalue weighted by atomic mass is 32.1. The Hall–Kier alpha value is -2.35. The van der Waals surface area contributed by atoms with Gasteiger partial charge in [0.05, 0.1) is 4.88 Å². The second-order valence-corrected chi connectivity index (χ2v) is 6.34. The number of carbonyl (C=O) groups is 1.